The van der Waals surface area contributed by atoms with Crippen molar-refractivity contribution in [2.45, 2.75) is 6.42 Å². The Labute approximate surface area is 58.9 Å². The number of pyridine rings is 1. The Hall–Kier alpha value is -1.09. The molecular formula is C7H10N2O. The van der Waals surface area contributed by atoms with Crippen molar-refractivity contribution in [2.75, 3.05) is 6.54 Å². The Morgan fingerprint density at radius 3 is 2.90 bits per heavy atom. The van der Waals surface area contributed by atoms with Crippen LogP contribution < -0.4 is 11.3 Å². The van der Waals surface area contributed by atoms with E-state index in [1.165, 1.54) is 6.07 Å². The molecule has 54 valence electrons. The smallest absolute Gasteiger partial charge is 0.248 e. The van der Waals surface area contributed by atoms with Crippen molar-refractivity contribution in [3.63, 3.8) is 0 Å². The maximum atomic E-state index is 10.7. The molecule has 0 atom stereocenters. The van der Waals surface area contributed by atoms with Crippen LogP contribution in [0.2, 0.25) is 0 Å². The van der Waals surface area contributed by atoms with Crippen LogP contribution in [0.4, 0.5) is 0 Å². The molecule has 0 radical (unpaired) electrons. The number of hydrogen-bond acceptors (Lipinski definition) is 2. The zero-order chi connectivity index (χ0) is 7.40. The van der Waals surface area contributed by atoms with Gasteiger partial charge in [0.2, 0.25) is 5.56 Å². The van der Waals surface area contributed by atoms with E-state index in [0.29, 0.717) is 6.54 Å². The van der Waals surface area contributed by atoms with Gasteiger partial charge in [-0.15, -0.1) is 0 Å². The fraction of sp³-hybridized carbons (Fsp3) is 0.286. The molecule has 3 N–H and O–H groups in total. The minimum absolute atomic E-state index is 0.0639. The van der Waals surface area contributed by atoms with Gasteiger partial charge in [0.15, 0.2) is 0 Å². The fourth-order valence-corrected chi connectivity index (χ4v) is 0.795. The summed E-state index contributed by atoms with van der Waals surface area (Å²) in [6.45, 7) is 0.569. The summed E-state index contributed by atoms with van der Waals surface area (Å²) in [4.78, 5) is 13.3. The quantitative estimate of drug-likeness (QED) is 0.598. The van der Waals surface area contributed by atoms with Gasteiger partial charge in [-0.1, -0.05) is 6.07 Å². The number of nitrogens with two attached hydrogens (primary N) is 1. The zero-order valence-corrected chi connectivity index (χ0v) is 5.63. The predicted octanol–water partition coefficient (Wildman–Crippen LogP) is -0.124. The van der Waals surface area contributed by atoms with E-state index in [1.54, 1.807) is 6.07 Å². The third-order valence-electron chi connectivity index (χ3n) is 1.24. The van der Waals surface area contributed by atoms with Crippen LogP contribution in [-0.4, -0.2) is 11.5 Å². The second-order valence-electron chi connectivity index (χ2n) is 2.08. The van der Waals surface area contributed by atoms with Crippen LogP contribution in [-0.2, 0) is 6.42 Å². The molecule has 1 heterocycles. The second kappa shape index (κ2) is 3.17. The molecule has 0 saturated carbocycles. The standard InChI is InChI=1S/C7H10N2O/c8-5-4-6-2-1-3-7(10)9-6/h1-3H,4-5,8H2,(H,9,10). The summed E-state index contributed by atoms with van der Waals surface area (Å²) in [6.07, 6.45) is 0.732. The van der Waals surface area contributed by atoms with Crippen molar-refractivity contribution in [2.24, 2.45) is 5.73 Å². The summed E-state index contributed by atoms with van der Waals surface area (Å²) in [7, 11) is 0. The van der Waals surface area contributed by atoms with Crippen molar-refractivity contribution in [1.82, 2.24) is 4.98 Å². The number of hydrogen-bond donors (Lipinski definition) is 2. The lowest BCUT2D eigenvalue weighted by atomic mass is 10.3. The van der Waals surface area contributed by atoms with E-state index < -0.39 is 0 Å². The molecule has 3 nitrogen and oxygen atoms in total. The lowest BCUT2D eigenvalue weighted by molar-refractivity contribution is 0.913. The summed E-state index contributed by atoms with van der Waals surface area (Å²) < 4.78 is 0. The third kappa shape index (κ3) is 1.70. The van der Waals surface area contributed by atoms with Crippen LogP contribution in [0.25, 0.3) is 0 Å². The topological polar surface area (TPSA) is 58.9 Å². The molecule has 10 heavy (non-hydrogen) atoms. The van der Waals surface area contributed by atoms with E-state index in [9.17, 15) is 4.79 Å². The molecule has 0 saturated heterocycles. The number of H-pyrrole nitrogens is 1. The minimum Gasteiger partial charge on any atom is -0.330 e. The molecular weight excluding hydrogens is 128 g/mol. The van der Waals surface area contributed by atoms with Gasteiger partial charge in [-0.3, -0.25) is 4.79 Å². The number of rotatable bonds is 2. The van der Waals surface area contributed by atoms with Crippen LogP contribution >= 0.6 is 0 Å². The van der Waals surface area contributed by atoms with Gasteiger partial charge in [0.05, 0.1) is 0 Å². The molecule has 0 aromatic carbocycles. The lowest BCUT2D eigenvalue weighted by Crippen LogP contribution is -2.10. The van der Waals surface area contributed by atoms with Crippen LogP contribution in [0.5, 0.6) is 0 Å². The first-order valence-electron chi connectivity index (χ1n) is 3.21. The first-order chi connectivity index (χ1) is 4.83. The summed E-state index contributed by atoms with van der Waals surface area (Å²) in [6, 6.07) is 5.07. The zero-order valence-electron chi connectivity index (χ0n) is 5.63. The molecule has 0 amide bonds. The van der Waals surface area contributed by atoms with E-state index in [2.05, 4.69) is 4.98 Å². The highest BCUT2D eigenvalue weighted by molar-refractivity contribution is 5.03. The molecule has 0 spiro atoms. The third-order valence-corrected chi connectivity index (χ3v) is 1.24. The Morgan fingerprint density at radius 2 is 2.30 bits per heavy atom. The van der Waals surface area contributed by atoms with Crippen molar-refractivity contribution in [1.29, 1.82) is 0 Å². The van der Waals surface area contributed by atoms with Crippen molar-refractivity contribution in [3.8, 4) is 0 Å². The van der Waals surface area contributed by atoms with Crippen LogP contribution in [0.15, 0.2) is 23.0 Å². The molecule has 0 fully saturated rings. The van der Waals surface area contributed by atoms with Crippen LogP contribution in [0.3, 0.4) is 0 Å². The van der Waals surface area contributed by atoms with Gasteiger partial charge < -0.3 is 10.7 Å². The highest BCUT2D eigenvalue weighted by Gasteiger charge is 1.88. The highest BCUT2D eigenvalue weighted by atomic mass is 16.1. The maximum Gasteiger partial charge on any atom is 0.248 e. The minimum atomic E-state index is -0.0639. The van der Waals surface area contributed by atoms with Gasteiger partial charge in [-0.2, -0.15) is 0 Å². The Kier molecular flexibility index (Phi) is 2.23. The monoisotopic (exact) mass is 138 g/mol. The average molecular weight is 138 g/mol. The van der Waals surface area contributed by atoms with E-state index >= 15 is 0 Å². The molecule has 0 aliphatic heterocycles. The van der Waals surface area contributed by atoms with E-state index in [-0.39, 0.29) is 5.56 Å². The van der Waals surface area contributed by atoms with Gasteiger partial charge in [0, 0.05) is 11.8 Å². The number of aromatic amines is 1. The summed E-state index contributed by atoms with van der Waals surface area (Å²) in [5.41, 5.74) is 6.12. The Morgan fingerprint density at radius 1 is 1.50 bits per heavy atom. The van der Waals surface area contributed by atoms with Gasteiger partial charge >= 0.3 is 0 Å². The fourth-order valence-electron chi connectivity index (χ4n) is 0.795. The molecule has 0 aliphatic rings. The Balaban J connectivity index is 2.85. The largest absolute Gasteiger partial charge is 0.330 e. The number of nitrogens with one attached hydrogen (secondary N) is 1. The van der Waals surface area contributed by atoms with E-state index in [0.717, 1.165) is 12.1 Å². The van der Waals surface area contributed by atoms with Crippen molar-refractivity contribution < 1.29 is 0 Å². The van der Waals surface area contributed by atoms with E-state index in [4.69, 9.17) is 5.73 Å². The van der Waals surface area contributed by atoms with E-state index in [1.807, 2.05) is 6.07 Å². The van der Waals surface area contributed by atoms with Gasteiger partial charge in [-0.05, 0) is 19.0 Å². The lowest BCUT2D eigenvalue weighted by Gasteiger charge is -1.94. The van der Waals surface area contributed by atoms with Crippen molar-refractivity contribution in [3.05, 3.63) is 34.2 Å². The molecule has 1 aromatic rings. The molecule has 1 aromatic heterocycles. The molecule has 0 unspecified atom stereocenters. The normalized spacial score (nSPS) is 9.70. The molecule has 3 heteroatoms. The summed E-state index contributed by atoms with van der Waals surface area (Å²) in [5.74, 6) is 0. The predicted molar refractivity (Wildman–Crippen MR) is 39.8 cm³/mol. The number of aromatic nitrogens is 1. The highest BCUT2D eigenvalue weighted by Crippen LogP contribution is 1.88. The molecule has 0 bridgehead atoms. The van der Waals surface area contributed by atoms with Crippen molar-refractivity contribution >= 4 is 0 Å². The first-order valence-corrected chi connectivity index (χ1v) is 3.21. The van der Waals surface area contributed by atoms with Gasteiger partial charge in [0.1, 0.15) is 0 Å². The summed E-state index contributed by atoms with van der Waals surface area (Å²) >= 11 is 0. The molecule has 0 aliphatic carbocycles. The Bertz CT molecular complexity index is 254. The maximum absolute atomic E-state index is 10.7. The molecule has 1 rings (SSSR count). The first kappa shape index (κ1) is 7.02. The van der Waals surface area contributed by atoms with Crippen LogP contribution in [0.1, 0.15) is 5.69 Å². The summed E-state index contributed by atoms with van der Waals surface area (Å²) in [5, 5.41) is 0. The SMILES string of the molecule is NCCc1cccc(=O)[nH]1. The van der Waals surface area contributed by atoms with Gasteiger partial charge in [-0.25, -0.2) is 0 Å². The van der Waals surface area contributed by atoms with Gasteiger partial charge in [0.25, 0.3) is 0 Å². The van der Waals surface area contributed by atoms with Crippen LogP contribution in [0, 0.1) is 0 Å². The average Bonchev–Trinajstić information content (AvgIpc) is 1.88. The second-order valence-corrected chi connectivity index (χ2v) is 2.08.